The highest BCUT2D eigenvalue weighted by Crippen LogP contribution is 2.36. The lowest BCUT2D eigenvalue weighted by Gasteiger charge is -2.37. The van der Waals surface area contributed by atoms with Gasteiger partial charge in [0, 0.05) is 12.2 Å². The molecule has 0 aromatic heterocycles. The van der Waals surface area contributed by atoms with Gasteiger partial charge in [-0.05, 0) is 30.5 Å². The molecule has 0 aliphatic carbocycles. The lowest BCUT2D eigenvalue weighted by Crippen LogP contribution is -2.44. The molecule has 1 aromatic carbocycles. The van der Waals surface area contributed by atoms with E-state index in [-0.39, 0.29) is 23.4 Å². The fourth-order valence-electron chi connectivity index (χ4n) is 2.31. The van der Waals surface area contributed by atoms with Gasteiger partial charge < -0.3 is 9.47 Å². The first-order valence-electron chi connectivity index (χ1n) is 6.76. The Morgan fingerprint density at radius 3 is 2.45 bits per heavy atom. The van der Waals surface area contributed by atoms with E-state index in [1.54, 1.807) is 13.2 Å². The normalized spacial score (nSPS) is 14.9. The third-order valence-corrected chi connectivity index (χ3v) is 3.21. The smallest absolute Gasteiger partial charge is 0.123 e. The average molecular weight is 284 g/mol. The van der Waals surface area contributed by atoms with Crippen molar-refractivity contribution in [3.8, 4) is 5.75 Å². The summed E-state index contributed by atoms with van der Waals surface area (Å²) in [7, 11) is 1.55. The number of hydrogen-bond donors (Lipinski definition) is 2. The lowest BCUT2D eigenvalue weighted by atomic mass is 9.82. The summed E-state index contributed by atoms with van der Waals surface area (Å²) in [4.78, 5) is 0. The molecule has 1 aromatic rings. The largest absolute Gasteiger partial charge is 0.496 e. The van der Waals surface area contributed by atoms with Gasteiger partial charge in [-0.15, -0.1) is 0 Å². The summed E-state index contributed by atoms with van der Waals surface area (Å²) in [5, 5.41) is 0. The van der Waals surface area contributed by atoms with Crippen molar-refractivity contribution in [3.63, 3.8) is 0 Å². The molecule has 2 atom stereocenters. The Morgan fingerprint density at radius 1 is 1.35 bits per heavy atom. The molecule has 0 radical (unpaired) electrons. The summed E-state index contributed by atoms with van der Waals surface area (Å²) in [5.41, 5.74) is 3.23. The van der Waals surface area contributed by atoms with Crippen LogP contribution in [0, 0.1) is 11.2 Å². The molecule has 1 rings (SSSR count). The molecule has 0 aliphatic rings. The Morgan fingerprint density at radius 2 is 2.00 bits per heavy atom. The number of rotatable bonds is 6. The zero-order valence-corrected chi connectivity index (χ0v) is 12.9. The van der Waals surface area contributed by atoms with E-state index in [4.69, 9.17) is 15.3 Å². The summed E-state index contributed by atoms with van der Waals surface area (Å²) < 4.78 is 24.7. The number of benzene rings is 1. The van der Waals surface area contributed by atoms with Crippen LogP contribution in [0.1, 0.15) is 39.3 Å². The molecular formula is C15H25FN2O2. The third kappa shape index (κ3) is 3.91. The topological polar surface area (TPSA) is 56.5 Å². The second-order valence-corrected chi connectivity index (χ2v) is 5.77. The fraction of sp³-hybridized carbons (Fsp3) is 0.600. The molecule has 0 spiro atoms. The maximum atomic E-state index is 13.6. The molecule has 2 unspecified atom stereocenters. The van der Waals surface area contributed by atoms with Crippen molar-refractivity contribution in [1.82, 2.24) is 5.43 Å². The van der Waals surface area contributed by atoms with E-state index in [1.807, 2.05) is 6.92 Å². The molecule has 0 bridgehead atoms. The summed E-state index contributed by atoms with van der Waals surface area (Å²) in [6.45, 7) is 8.66. The number of hydrogen-bond acceptors (Lipinski definition) is 4. The van der Waals surface area contributed by atoms with Gasteiger partial charge in [-0.1, -0.05) is 20.8 Å². The van der Waals surface area contributed by atoms with E-state index in [9.17, 15) is 4.39 Å². The molecular weight excluding hydrogens is 259 g/mol. The summed E-state index contributed by atoms with van der Waals surface area (Å²) in [5.74, 6) is 5.96. The first-order chi connectivity index (χ1) is 9.35. The SMILES string of the molecule is CCOC(C(NN)c1cc(F)ccc1OC)C(C)(C)C. The third-order valence-electron chi connectivity index (χ3n) is 3.21. The van der Waals surface area contributed by atoms with Crippen LogP contribution in [0.15, 0.2) is 18.2 Å². The zero-order chi connectivity index (χ0) is 15.3. The van der Waals surface area contributed by atoms with Crippen molar-refractivity contribution >= 4 is 0 Å². The zero-order valence-electron chi connectivity index (χ0n) is 12.9. The molecule has 20 heavy (non-hydrogen) atoms. The van der Waals surface area contributed by atoms with Crippen LogP contribution >= 0.6 is 0 Å². The first kappa shape index (κ1) is 16.9. The maximum Gasteiger partial charge on any atom is 0.123 e. The second kappa shape index (κ2) is 7.02. The van der Waals surface area contributed by atoms with Gasteiger partial charge in [-0.3, -0.25) is 11.3 Å². The number of hydrazine groups is 1. The van der Waals surface area contributed by atoms with E-state index in [0.29, 0.717) is 17.9 Å². The number of nitrogens with two attached hydrogens (primary N) is 1. The van der Waals surface area contributed by atoms with Gasteiger partial charge in [-0.2, -0.15) is 0 Å². The van der Waals surface area contributed by atoms with E-state index in [0.717, 1.165) is 0 Å². The fourth-order valence-corrected chi connectivity index (χ4v) is 2.31. The molecule has 0 aliphatic heterocycles. The molecule has 5 heteroatoms. The summed E-state index contributed by atoms with van der Waals surface area (Å²) >= 11 is 0. The van der Waals surface area contributed by atoms with Crippen LogP contribution in [-0.4, -0.2) is 19.8 Å². The van der Waals surface area contributed by atoms with Crippen LogP contribution < -0.4 is 16.0 Å². The van der Waals surface area contributed by atoms with Gasteiger partial charge in [0.05, 0.1) is 19.3 Å². The van der Waals surface area contributed by atoms with Crippen LogP contribution in [0.25, 0.3) is 0 Å². The average Bonchev–Trinajstić information content (AvgIpc) is 2.38. The minimum absolute atomic E-state index is 0.162. The van der Waals surface area contributed by atoms with Gasteiger partial charge in [0.1, 0.15) is 11.6 Å². The van der Waals surface area contributed by atoms with E-state index in [2.05, 4.69) is 26.2 Å². The van der Waals surface area contributed by atoms with Crippen LogP contribution in [-0.2, 0) is 4.74 Å². The van der Waals surface area contributed by atoms with Gasteiger partial charge in [-0.25, -0.2) is 4.39 Å². The number of ether oxygens (including phenoxy) is 2. The highest BCUT2D eigenvalue weighted by molar-refractivity contribution is 5.37. The Kier molecular flexibility index (Phi) is 5.92. The molecule has 3 N–H and O–H groups in total. The molecule has 0 fully saturated rings. The number of nitrogens with one attached hydrogen (secondary N) is 1. The van der Waals surface area contributed by atoms with Gasteiger partial charge in [0.15, 0.2) is 0 Å². The second-order valence-electron chi connectivity index (χ2n) is 5.77. The molecule has 114 valence electrons. The minimum Gasteiger partial charge on any atom is -0.496 e. The predicted octanol–water partition coefficient (Wildman–Crippen LogP) is 2.79. The van der Waals surface area contributed by atoms with E-state index in [1.165, 1.54) is 12.1 Å². The highest BCUT2D eigenvalue weighted by Gasteiger charge is 2.35. The molecule has 0 amide bonds. The quantitative estimate of drug-likeness (QED) is 0.623. The van der Waals surface area contributed by atoms with Crippen LogP contribution in [0.5, 0.6) is 5.75 Å². The predicted molar refractivity (Wildman–Crippen MR) is 77.9 cm³/mol. The van der Waals surface area contributed by atoms with E-state index >= 15 is 0 Å². The Labute approximate surface area is 120 Å². The number of halogens is 1. The Balaban J connectivity index is 3.25. The monoisotopic (exact) mass is 284 g/mol. The van der Waals surface area contributed by atoms with Crippen LogP contribution in [0.3, 0.4) is 0 Å². The van der Waals surface area contributed by atoms with Crippen molar-refractivity contribution in [1.29, 1.82) is 0 Å². The van der Waals surface area contributed by atoms with Crippen molar-refractivity contribution in [3.05, 3.63) is 29.6 Å². The standard InChI is InChI=1S/C15H25FN2O2/c1-6-20-14(15(2,3)4)13(18-17)11-9-10(16)7-8-12(11)19-5/h7-9,13-14,18H,6,17H2,1-5H3. The van der Waals surface area contributed by atoms with Crippen molar-refractivity contribution in [2.75, 3.05) is 13.7 Å². The number of methoxy groups -OCH3 is 1. The molecule has 0 saturated heterocycles. The maximum absolute atomic E-state index is 13.6. The Bertz CT molecular complexity index is 432. The summed E-state index contributed by atoms with van der Waals surface area (Å²) in [6.07, 6.45) is -0.215. The molecule has 4 nitrogen and oxygen atoms in total. The highest BCUT2D eigenvalue weighted by atomic mass is 19.1. The molecule has 0 heterocycles. The minimum atomic E-state index is -0.361. The van der Waals surface area contributed by atoms with Crippen molar-refractivity contribution in [2.45, 2.75) is 39.8 Å². The Hall–Kier alpha value is -1.17. The van der Waals surface area contributed by atoms with E-state index < -0.39 is 0 Å². The van der Waals surface area contributed by atoms with Crippen LogP contribution in [0.2, 0.25) is 0 Å². The van der Waals surface area contributed by atoms with Crippen LogP contribution in [0.4, 0.5) is 4.39 Å². The van der Waals surface area contributed by atoms with Gasteiger partial charge >= 0.3 is 0 Å². The van der Waals surface area contributed by atoms with Crippen molar-refractivity contribution in [2.24, 2.45) is 11.3 Å². The lowest BCUT2D eigenvalue weighted by molar-refractivity contribution is -0.0371. The summed E-state index contributed by atoms with van der Waals surface area (Å²) in [6, 6.07) is 4.03. The molecule has 0 saturated carbocycles. The first-order valence-corrected chi connectivity index (χ1v) is 6.76. The van der Waals surface area contributed by atoms with Gasteiger partial charge in [0.2, 0.25) is 0 Å². The van der Waals surface area contributed by atoms with Crippen molar-refractivity contribution < 1.29 is 13.9 Å². The van der Waals surface area contributed by atoms with Gasteiger partial charge in [0.25, 0.3) is 0 Å².